The molecule has 3 aromatic rings. The van der Waals surface area contributed by atoms with Gasteiger partial charge in [0.25, 0.3) is 10.0 Å². The molecule has 0 spiro atoms. The summed E-state index contributed by atoms with van der Waals surface area (Å²) < 4.78 is 34.4. The van der Waals surface area contributed by atoms with Crippen molar-refractivity contribution in [1.82, 2.24) is 10.2 Å². The van der Waals surface area contributed by atoms with Crippen molar-refractivity contribution in [1.29, 1.82) is 0 Å². The van der Waals surface area contributed by atoms with E-state index in [0.29, 0.717) is 23.1 Å². The van der Waals surface area contributed by atoms with Gasteiger partial charge in [0.2, 0.25) is 11.8 Å². The number of anilines is 1. The number of carbonyl (C=O) groups is 2. The zero-order valence-corrected chi connectivity index (χ0v) is 24.9. The summed E-state index contributed by atoms with van der Waals surface area (Å²) in [5, 5.41) is 3.57. The third kappa shape index (κ3) is 7.80. The number of halogens is 1. The van der Waals surface area contributed by atoms with Crippen molar-refractivity contribution in [2.24, 2.45) is 0 Å². The van der Waals surface area contributed by atoms with Crippen LogP contribution in [0.5, 0.6) is 5.75 Å². The quantitative estimate of drug-likeness (QED) is 0.301. The van der Waals surface area contributed by atoms with Gasteiger partial charge in [0.15, 0.2) is 0 Å². The minimum Gasteiger partial charge on any atom is -0.494 e. The Kier molecular flexibility index (Phi) is 10.3. The number of hydrogen-bond donors (Lipinski definition) is 1. The first-order chi connectivity index (χ1) is 19.7. The lowest BCUT2D eigenvalue weighted by atomic mass is 10.1. The van der Waals surface area contributed by atoms with Gasteiger partial charge in [-0.2, -0.15) is 0 Å². The molecule has 10 heteroatoms. The topological polar surface area (TPSA) is 96.0 Å². The highest BCUT2D eigenvalue weighted by molar-refractivity contribution is 7.92. The van der Waals surface area contributed by atoms with Crippen LogP contribution < -0.4 is 14.4 Å². The maximum absolute atomic E-state index is 14.0. The van der Waals surface area contributed by atoms with Crippen LogP contribution in [-0.4, -0.2) is 50.4 Å². The monoisotopic (exact) mass is 597 g/mol. The second-order valence-corrected chi connectivity index (χ2v) is 12.4. The van der Waals surface area contributed by atoms with Gasteiger partial charge in [-0.25, -0.2) is 8.42 Å². The van der Waals surface area contributed by atoms with Crippen molar-refractivity contribution in [3.8, 4) is 5.75 Å². The van der Waals surface area contributed by atoms with E-state index < -0.39 is 28.5 Å². The average molecular weight is 598 g/mol. The molecular formula is C31H36ClN3O5S. The number of ether oxygens (including phenoxy) is 1. The molecule has 4 rings (SSSR count). The summed E-state index contributed by atoms with van der Waals surface area (Å²) in [4.78, 5) is 28.7. The van der Waals surface area contributed by atoms with Gasteiger partial charge >= 0.3 is 0 Å². The van der Waals surface area contributed by atoms with Gasteiger partial charge in [-0.1, -0.05) is 54.8 Å². The number of nitrogens with zero attached hydrogens (tertiary/aromatic N) is 2. The standard InChI is InChI=1S/C31H36ClN3O5S/c1-3-40-28-16-18-29(19-17-28)41(38,39)35(27-14-5-4-6-15-27)22-30(36)34(21-24-10-9-11-25(32)20-24)23(2)31(37)33-26-12-7-8-13-26/h4-6,9-11,14-20,23,26H,3,7-8,12-13,21-22H2,1-2H3,(H,33,37)/t23-/m1/s1. The number of carbonyl (C=O) groups excluding carboxylic acids is 2. The molecule has 218 valence electrons. The van der Waals surface area contributed by atoms with Crippen LogP contribution in [-0.2, 0) is 26.2 Å². The number of amides is 2. The van der Waals surface area contributed by atoms with Crippen LogP contribution in [0.3, 0.4) is 0 Å². The molecule has 0 unspecified atom stereocenters. The fraction of sp³-hybridized carbons (Fsp3) is 0.355. The molecule has 1 saturated carbocycles. The molecule has 3 aromatic carbocycles. The van der Waals surface area contributed by atoms with Gasteiger partial charge in [-0.15, -0.1) is 0 Å². The summed E-state index contributed by atoms with van der Waals surface area (Å²) in [7, 11) is -4.15. The lowest BCUT2D eigenvalue weighted by Gasteiger charge is -2.32. The molecule has 1 N–H and O–H groups in total. The van der Waals surface area contributed by atoms with Crippen LogP contribution in [0.25, 0.3) is 0 Å². The van der Waals surface area contributed by atoms with Crippen LogP contribution in [0.15, 0.2) is 83.8 Å². The van der Waals surface area contributed by atoms with Crippen molar-refractivity contribution in [3.05, 3.63) is 89.4 Å². The predicted molar refractivity (Wildman–Crippen MR) is 160 cm³/mol. The summed E-state index contributed by atoms with van der Waals surface area (Å²) in [5.41, 5.74) is 1.06. The summed E-state index contributed by atoms with van der Waals surface area (Å²) in [6.07, 6.45) is 3.92. The largest absolute Gasteiger partial charge is 0.494 e. The highest BCUT2D eigenvalue weighted by atomic mass is 35.5. The molecular weight excluding hydrogens is 562 g/mol. The SMILES string of the molecule is CCOc1ccc(S(=O)(=O)N(CC(=O)N(Cc2cccc(Cl)c2)[C@H](C)C(=O)NC2CCCC2)c2ccccc2)cc1. The molecule has 0 saturated heterocycles. The normalized spacial score (nSPS) is 14.3. The maximum atomic E-state index is 14.0. The van der Waals surface area contributed by atoms with E-state index in [1.807, 2.05) is 13.0 Å². The number of sulfonamides is 1. The Morgan fingerprint density at radius 2 is 1.68 bits per heavy atom. The number of rotatable bonds is 12. The molecule has 1 aliphatic carbocycles. The van der Waals surface area contributed by atoms with E-state index in [2.05, 4.69) is 5.32 Å². The Morgan fingerprint density at radius 1 is 1.00 bits per heavy atom. The molecule has 0 aliphatic heterocycles. The molecule has 8 nitrogen and oxygen atoms in total. The van der Waals surface area contributed by atoms with Crippen LogP contribution >= 0.6 is 11.6 Å². The first-order valence-electron chi connectivity index (χ1n) is 13.8. The Balaban J connectivity index is 1.66. The van der Waals surface area contributed by atoms with E-state index >= 15 is 0 Å². The second kappa shape index (κ2) is 13.9. The third-order valence-electron chi connectivity index (χ3n) is 7.16. The lowest BCUT2D eigenvalue weighted by Crippen LogP contribution is -2.52. The Labute approximate surface area is 247 Å². The van der Waals surface area contributed by atoms with E-state index in [0.717, 1.165) is 35.6 Å². The van der Waals surface area contributed by atoms with Gasteiger partial charge in [-0.05, 0) is 80.8 Å². The van der Waals surface area contributed by atoms with Crippen LogP contribution in [0.2, 0.25) is 5.02 Å². The lowest BCUT2D eigenvalue weighted by molar-refractivity contribution is -0.139. The van der Waals surface area contributed by atoms with Crippen molar-refractivity contribution in [3.63, 3.8) is 0 Å². The maximum Gasteiger partial charge on any atom is 0.264 e. The molecule has 0 heterocycles. The van der Waals surface area contributed by atoms with Crippen molar-refractivity contribution < 1.29 is 22.7 Å². The van der Waals surface area contributed by atoms with Crippen molar-refractivity contribution >= 4 is 39.1 Å². The summed E-state index contributed by atoms with van der Waals surface area (Å²) in [5.74, 6) is -0.242. The van der Waals surface area contributed by atoms with E-state index in [1.165, 1.54) is 17.0 Å². The fourth-order valence-corrected chi connectivity index (χ4v) is 6.56. The van der Waals surface area contributed by atoms with Crippen LogP contribution in [0, 0.1) is 0 Å². The van der Waals surface area contributed by atoms with E-state index in [-0.39, 0.29) is 23.4 Å². The van der Waals surface area contributed by atoms with Crippen molar-refractivity contribution in [2.45, 2.75) is 63.1 Å². The number of para-hydroxylation sites is 1. The molecule has 2 amide bonds. The smallest absolute Gasteiger partial charge is 0.264 e. The summed E-state index contributed by atoms with van der Waals surface area (Å²) in [6, 6.07) is 20.8. The molecule has 0 radical (unpaired) electrons. The van der Waals surface area contributed by atoms with Gasteiger partial charge in [-0.3, -0.25) is 13.9 Å². The zero-order chi connectivity index (χ0) is 29.4. The molecule has 1 atom stereocenters. The number of hydrogen-bond acceptors (Lipinski definition) is 5. The Bertz CT molecular complexity index is 1430. The summed E-state index contributed by atoms with van der Waals surface area (Å²) >= 11 is 6.21. The van der Waals surface area contributed by atoms with E-state index in [4.69, 9.17) is 16.3 Å². The number of nitrogens with one attached hydrogen (secondary N) is 1. The first kappa shape index (κ1) is 30.4. The molecule has 0 aromatic heterocycles. The molecule has 1 aliphatic rings. The van der Waals surface area contributed by atoms with Crippen molar-refractivity contribution in [2.75, 3.05) is 17.5 Å². The minimum absolute atomic E-state index is 0.0195. The highest BCUT2D eigenvalue weighted by Crippen LogP contribution is 2.26. The highest BCUT2D eigenvalue weighted by Gasteiger charge is 2.33. The molecule has 0 bridgehead atoms. The van der Waals surface area contributed by atoms with Gasteiger partial charge in [0.05, 0.1) is 17.2 Å². The Morgan fingerprint density at radius 3 is 2.32 bits per heavy atom. The predicted octanol–water partition coefficient (Wildman–Crippen LogP) is 5.41. The fourth-order valence-electron chi connectivity index (χ4n) is 4.93. The minimum atomic E-state index is -4.15. The molecule has 41 heavy (non-hydrogen) atoms. The first-order valence-corrected chi connectivity index (χ1v) is 15.7. The van der Waals surface area contributed by atoms with E-state index in [1.54, 1.807) is 67.6 Å². The summed E-state index contributed by atoms with van der Waals surface area (Å²) in [6.45, 7) is 3.55. The van der Waals surface area contributed by atoms with Crippen LogP contribution in [0.4, 0.5) is 5.69 Å². The average Bonchev–Trinajstić information content (AvgIpc) is 3.48. The van der Waals surface area contributed by atoms with Gasteiger partial charge in [0.1, 0.15) is 18.3 Å². The zero-order valence-electron chi connectivity index (χ0n) is 23.3. The van der Waals surface area contributed by atoms with Gasteiger partial charge < -0.3 is 15.0 Å². The van der Waals surface area contributed by atoms with E-state index in [9.17, 15) is 18.0 Å². The second-order valence-electron chi connectivity index (χ2n) is 10.1. The van der Waals surface area contributed by atoms with Gasteiger partial charge in [0, 0.05) is 17.6 Å². The van der Waals surface area contributed by atoms with Crippen LogP contribution in [0.1, 0.15) is 45.1 Å². The molecule has 1 fully saturated rings. The number of benzene rings is 3. The third-order valence-corrected chi connectivity index (χ3v) is 9.18. The Hall–Kier alpha value is -3.56.